The first kappa shape index (κ1) is 17.0. The molecule has 6 heteroatoms. The molecular formula is C20H20N2O3S. The molecule has 0 bridgehead atoms. The van der Waals surface area contributed by atoms with Crippen molar-refractivity contribution in [2.45, 2.75) is 23.7 Å². The summed E-state index contributed by atoms with van der Waals surface area (Å²) < 4.78 is 33.7. The molecule has 0 spiro atoms. The van der Waals surface area contributed by atoms with Crippen LogP contribution in [0, 0.1) is 0 Å². The summed E-state index contributed by atoms with van der Waals surface area (Å²) in [6.07, 6.45) is 5.33. The van der Waals surface area contributed by atoms with E-state index in [-0.39, 0.29) is 4.90 Å². The second-order valence-corrected chi connectivity index (χ2v) is 8.15. The summed E-state index contributed by atoms with van der Waals surface area (Å²) in [5.74, 6) is 0.444. The molecule has 0 aliphatic carbocycles. The maximum Gasteiger partial charge on any atom is 0.261 e. The van der Waals surface area contributed by atoms with E-state index < -0.39 is 10.0 Å². The minimum atomic E-state index is -3.65. The molecule has 1 N–H and O–H groups in total. The van der Waals surface area contributed by atoms with E-state index in [0.717, 1.165) is 36.8 Å². The van der Waals surface area contributed by atoms with Gasteiger partial charge >= 0.3 is 0 Å². The van der Waals surface area contributed by atoms with Gasteiger partial charge in [-0.15, -0.1) is 0 Å². The van der Waals surface area contributed by atoms with Gasteiger partial charge in [0.05, 0.1) is 10.6 Å². The normalized spacial score (nSPS) is 15.8. The Balaban J connectivity index is 1.60. The summed E-state index contributed by atoms with van der Waals surface area (Å²) in [5.41, 5.74) is 1.72. The SMILES string of the molecule is O=S(=O)(Nc1cccc2cnccc12)c1ccc(C2CCOCC2)cc1. The highest BCUT2D eigenvalue weighted by Gasteiger charge is 2.19. The third kappa shape index (κ3) is 3.43. The van der Waals surface area contributed by atoms with Gasteiger partial charge in [-0.2, -0.15) is 0 Å². The number of fused-ring (bicyclic) bond motifs is 1. The van der Waals surface area contributed by atoms with E-state index in [9.17, 15) is 8.42 Å². The monoisotopic (exact) mass is 368 g/mol. The smallest absolute Gasteiger partial charge is 0.261 e. The van der Waals surface area contributed by atoms with Gasteiger partial charge in [-0.25, -0.2) is 8.42 Å². The maximum absolute atomic E-state index is 12.8. The number of hydrogen-bond acceptors (Lipinski definition) is 4. The molecule has 26 heavy (non-hydrogen) atoms. The van der Waals surface area contributed by atoms with Crippen LogP contribution in [0.3, 0.4) is 0 Å². The Morgan fingerprint density at radius 1 is 1.00 bits per heavy atom. The van der Waals surface area contributed by atoms with Gasteiger partial charge in [0.15, 0.2) is 0 Å². The molecule has 4 rings (SSSR count). The zero-order valence-corrected chi connectivity index (χ0v) is 15.1. The first-order valence-corrected chi connectivity index (χ1v) is 10.1. The number of benzene rings is 2. The Hall–Kier alpha value is -2.44. The summed E-state index contributed by atoms with van der Waals surface area (Å²) in [6.45, 7) is 1.53. The van der Waals surface area contributed by atoms with Crippen LogP contribution < -0.4 is 4.72 Å². The van der Waals surface area contributed by atoms with Crippen LogP contribution in [0.25, 0.3) is 10.8 Å². The number of rotatable bonds is 4. The Kier molecular flexibility index (Phi) is 4.61. The Morgan fingerprint density at radius 3 is 2.54 bits per heavy atom. The van der Waals surface area contributed by atoms with Crippen LogP contribution >= 0.6 is 0 Å². The standard InChI is InChI=1S/C20H20N2O3S/c23-26(24,22-20-3-1-2-17-14-21-11-8-19(17)20)18-6-4-15(5-7-18)16-9-12-25-13-10-16/h1-8,11,14,16,22H,9-10,12-13H2. The number of sulfonamides is 1. The summed E-state index contributed by atoms with van der Waals surface area (Å²) in [4.78, 5) is 4.34. The molecule has 1 aliphatic heterocycles. The van der Waals surface area contributed by atoms with Gasteiger partial charge in [-0.3, -0.25) is 9.71 Å². The number of nitrogens with one attached hydrogen (secondary N) is 1. The van der Waals surface area contributed by atoms with Gasteiger partial charge < -0.3 is 4.74 Å². The Morgan fingerprint density at radius 2 is 1.77 bits per heavy atom. The van der Waals surface area contributed by atoms with E-state index in [1.165, 1.54) is 5.56 Å². The molecule has 134 valence electrons. The molecule has 2 aromatic carbocycles. The van der Waals surface area contributed by atoms with Crippen LogP contribution in [-0.2, 0) is 14.8 Å². The molecule has 3 aromatic rings. The lowest BCUT2D eigenvalue weighted by Crippen LogP contribution is -2.15. The van der Waals surface area contributed by atoms with Crippen molar-refractivity contribution >= 4 is 26.5 Å². The van der Waals surface area contributed by atoms with Gasteiger partial charge in [0.25, 0.3) is 10.0 Å². The highest BCUT2D eigenvalue weighted by molar-refractivity contribution is 7.92. The van der Waals surface area contributed by atoms with E-state index in [1.807, 2.05) is 24.3 Å². The largest absolute Gasteiger partial charge is 0.381 e. The minimum absolute atomic E-state index is 0.263. The van der Waals surface area contributed by atoms with Crippen molar-refractivity contribution in [3.63, 3.8) is 0 Å². The van der Waals surface area contributed by atoms with Crippen molar-refractivity contribution in [3.05, 3.63) is 66.5 Å². The molecule has 1 saturated heterocycles. The first-order valence-electron chi connectivity index (χ1n) is 8.67. The average molecular weight is 368 g/mol. The fraction of sp³-hybridized carbons (Fsp3) is 0.250. The molecule has 1 aromatic heterocycles. The number of hydrogen-bond donors (Lipinski definition) is 1. The van der Waals surface area contributed by atoms with Crippen LogP contribution in [-0.4, -0.2) is 26.6 Å². The Labute approximate surface area is 153 Å². The van der Waals surface area contributed by atoms with E-state index in [4.69, 9.17) is 4.74 Å². The average Bonchev–Trinajstić information content (AvgIpc) is 2.69. The van der Waals surface area contributed by atoms with Gasteiger partial charge in [0, 0.05) is 36.4 Å². The molecular weight excluding hydrogens is 348 g/mol. The molecule has 1 fully saturated rings. The fourth-order valence-electron chi connectivity index (χ4n) is 3.37. The number of anilines is 1. The summed E-state index contributed by atoms with van der Waals surface area (Å²) in [6, 6.07) is 14.5. The molecule has 0 amide bonds. The zero-order chi connectivity index (χ0) is 18.0. The van der Waals surface area contributed by atoms with Crippen molar-refractivity contribution in [3.8, 4) is 0 Å². The minimum Gasteiger partial charge on any atom is -0.381 e. The van der Waals surface area contributed by atoms with E-state index in [1.54, 1.807) is 36.7 Å². The lowest BCUT2D eigenvalue weighted by Gasteiger charge is -2.22. The van der Waals surface area contributed by atoms with E-state index in [0.29, 0.717) is 11.6 Å². The molecule has 1 aliphatic rings. The van der Waals surface area contributed by atoms with Gasteiger partial charge in [0.1, 0.15) is 0 Å². The van der Waals surface area contributed by atoms with E-state index in [2.05, 4.69) is 9.71 Å². The topological polar surface area (TPSA) is 68.3 Å². The molecule has 5 nitrogen and oxygen atoms in total. The first-order chi connectivity index (χ1) is 12.6. The van der Waals surface area contributed by atoms with Crippen molar-refractivity contribution in [1.29, 1.82) is 0 Å². The van der Waals surface area contributed by atoms with Crippen molar-refractivity contribution in [1.82, 2.24) is 4.98 Å². The second-order valence-electron chi connectivity index (χ2n) is 6.46. The number of aromatic nitrogens is 1. The predicted octanol–water partition coefficient (Wildman–Crippen LogP) is 3.93. The van der Waals surface area contributed by atoms with Crippen LogP contribution in [0.2, 0.25) is 0 Å². The lowest BCUT2D eigenvalue weighted by atomic mass is 9.92. The summed E-state index contributed by atoms with van der Waals surface area (Å²) >= 11 is 0. The van der Waals surface area contributed by atoms with Gasteiger partial charge in [0.2, 0.25) is 0 Å². The number of ether oxygens (including phenoxy) is 1. The molecule has 0 unspecified atom stereocenters. The van der Waals surface area contributed by atoms with Crippen molar-refractivity contribution < 1.29 is 13.2 Å². The molecule has 0 atom stereocenters. The molecule has 0 radical (unpaired) electrons. The van der Waals surface area contributed by atoms with Crippen LogP contribution in [0.4, 0.5) is 5.69 Å². The highest BCUT2D eigenvalue weighted by Crippen LogP contribution is 2.29. The third-order valence-corrected chi connectivity index (χ3v) is 6.19. The lowest BCUT2D eigenvalue weighted by molar-refractivity contribution is 0.0853. The van der Waals surface area contributed by atoms with Crippen LogP contribution in [0.5, 0.6) is 0 Å². The fourth-order valence-corrected chi connectivity index (χ4v) is 4.45. The summed E-state index contributed by atoms with van der Waals surface area (Å²) in [5, 5.41) is 1.72. The number of pyridine rings is 1. The van der Waals surface area contributed by atoms with E-state index >= 15 is 0 Å². The zero-order valence-electron chi connectivity index (χ0n) is 14.3. The van der Waals surface area contributed by atoms with Gasteiger partial charge in [-0.1, -0.05) is 24.3 Å². The molecule has 0 saturated carbocycles. The highest BCUT2D eigenvalue weighted by atomic mass is 32.2. The predicted molar refractivity (Wildman–Crippen MR) is 102 cm³/mol. The number of nitrogens with zero attached hydrogens (tertiary/aromatic N) is 1. The quantitative estimate of drug-likeness (QED) is 0.758. The summed E-state index contributed by atoms with van der Waals surface area (Å²) in [7, 11) is -3.65. The van der Waals surface area contributed by atoms with Gasteiger partial charge in [-0.05, 0) is 48.6 Å². The second kappa shape index (κ2) is 7.05. The Bertz CT molecular complexity index is 1010. The maximum atomic E-state index is 12.8. The van der Waals surface area contributed by atoms with Crippen molar-refractivity contribution in [2.75, 3.05) is 17.9 Å². The van der Waals surface area contributed by atoms with Crippen LogP contribution in [0.15, 0.2) is 65.8 Å². The molecule has 2 heterocycles. The van der Waals surface area contributed by atoms with Crippen molar-refractivity contribution in [2.24, 2.45) is 0 Å². The third-order valence-electron chi connectivity index (χ3n) is 4.81. The van der Waals surface area contributed by atoms with Crippen LogP contribution in [0.1, 0.15) is 24.3 Å².